The van der Waals surface area contributed by atoms with E-state index >= 15 is 0 Å². The average molecular weight is 215 g/mol. The third-order valence-electron chi connectivity index (χ3n) is 3.49. The van der Waals surface area contributed by atoms with Crippen LogP contribution in [0.1, 0.15) is 23.9 Å². The fourth-order valence-electron chi connectivity index (χ4n) is 2.74. The van der Waals surface area contributed by atoms with E-state index in [0.29, 0.717) is 6.04 Å². The van der Waals surface area contributed by atoms with E-state index < -0.39 is 0 Å². The molecule has 0 aliphatic carbocycles. The lowest BCUT2D eigenvalue weighted by Gasteiger charge is -2.15. The van der Waals surface area contributed by atoms with Gasteiger partial charge >= 0.3 is 0 Å². The molecule has 84 valence electrons. The number of para-hydroxylation sites is 1. The summed E-state index contributed by atoms with van der Waals surface area (Å²) in [5, 5.41) is 3.42. The highest BCUT2D eigenvalue weighted by molar-refractivity contribution is 5.79. The molecule has 1 aromatic carbocycles. The Morgan fingerprint density at radius 2 is 2.25 bits per heavy atom. The van der Waals surface area contributed by atoms with Crippen molar-refractivity contribution in [1.82, 2.24) is 14.9 Å². The normalized spacial score (nSPS) is 20.8. The van der Waals surface area contributed by atoms with E-state index in [4.69, 9.17) is 0 Å². The molecule has 2 heterocycles. The molecule has 1 atom stereocenters. The molecule has 0 amide bonds. The number of nitrogens with one attached hydrogen (secondary N) is 1. The van der Waals surface area contributed by atoms with Gasteiger partial charge in [0.15, 0.2) is 0 Å². The zero-order valence-electron chi connectivity index (χ0n) is 9.83. The van der Waals surface area contributed by atoms with Gasteiger partial charge in [-0.1, -0.05) is 12.1 Å². The first-order valence-electron chi connectivity index (χ1n) is 5.92. The summed E-state index contributed by atoms with van der Waals surface area (Å²) in [5.41, 5.74) is 3.77. The van der Waals surface area contributed by atoms with E-state index in [0.717, 1.165) is 24.4 Å². The molecule has 0 saturated carbocycles. The summed E-state index contributed by atoms with van der Waals surface area (Å²) in [6.45, 7) is 6.47. The van der Waals surface area contributed by atoms with Crippen molar-refractivity contribution in [3.63, 3.8) is 0 Å². The van der Waals surface area contributed by atoms with Crippen LogP contribution in [0, 0.1) is 13.8 Å². The fraction of sp³-hybridized carbons (Fsp3) is 0.462. The highest BCUT2D eigenvalue weighted by atomic mass is 15.1. The van der Waals surface area contributed by atoms with Crippen molar-refractivity contribution in [3.8, 4) is 0 Å². The van der Waals surface area contributed by atoms with Gasteiger partial charge in [0, 0.05) is 12.6 Å². The Morgan fingerprint density at radius 3 is 3.00 bits per heavy atom. The SMILES string of the molecule is Cc1cccc2nc(C)n(C3CCNC3)c12. The van der Waals surface area contributed by atoms with Crippen LogP contribution in [0.4, 0.5) is 0 Å². The van der Waals surface area contributed by atoms with Crippen molar-refractivity contribution in [2.24, 2.45) is 0 Å². The quantitative estimate of drug-likeness (QED) is 0.790. The lowest BCUT2D eigenvalue weighted by atomic mass is 10.2. The summed E-state index contributed by atoms with van der Waals surface area (Å²) in [5.74, 6) is 1.14. The lowest BCUT2D eigenvalue weighted by Crippen LogP contribution is -2.14. The van der Waals surface area contributed by atoms with Gasteiger partial charge in [-0.25, -0.2) is 4.98 Å². The molecule has 0 spiro atoms. The van der Waals surface area contributed by atoms with Crippen LogP contribution in [0.5, 0.6) is 0 Å². The van der Waals surface area contributed by atoms with Crippen LogP contribution < -0.4 is 5.32 Å². The molecular formula is C13H17N3. The van der Waals surface area contributed by atoms with Crippen LogP contribution in [0.25, 0.3) is 11.0 Å². The molecule has 1 aliphatic rings. The molecule has 0 bridgehead atoms. The molecule has 1 aromatic heterocycles. The van der Waals surface area contributed by atoms with E-state index in [-0.39, 0.29) is 0 Å². The minimum atomic E-state index is 0.575. The first-order chi connectivity index (χ1) is 7.77. The van der Waals surface area contributed by atoms with Crippen LogP contribution in [-0.4, -0.2) is 22.6 Å². The third kappa shape index (κ3) is 1.35. The summed E-state index contributed by atoms with van der Waals surface area (Å²) in [7, 11) is 0. The Hall–Kier alpha value is -1.35. The molecule has 1 aliphatic heterocycles. The minimum Gasteiger partial charge on any atom is -0.324 e. The molecule has 3 rings (SSSR count). The standard InChI is InChI=1S/C13H17N3/c1-9-4-3-5-12-13(9)16(10(2)15-12)11-6-7-14-8-11/h3-5,11,14H,6-8H2,1-2H3. The number of rotatable bonds is 1. The second-order valence-corrected chi connectivity index (χ2v) is 4.62. The molecule has 0 radical (unpaired) electrons. The second kappa shape index (κ2) is 3.59. The highest BCUT2D eigenvalue weighted by Gasteiger charge is 2.21. The Balaban J connectivity index is 2.25. The van der Waals surface area contributed by atoms with Gasteiger partial charge in [0.2, 0.25) is 0 Å². The van der Waals surface area contributed by atoms with Crippen LogP contribution >= 0.6 is 0 Å². The number of benzene rings is 1. The third-order valence-corrected chi connectivity index (χ3v) is 3.49. The van der Waals surface area contributed by atoms with Crippen molar-refractivity contribution in [1.29, 1.82) is 0 Å². The molecule has 16 heavy (non-hydrogen) atoms. The number of fused-ring (bicyclic) bond motifs is 1. The highest BCUT2D eigenvalue weighted by Crippen LogP contribution is 2.26. The van der Waals surface area contributed by atoms with E-state index in [1.54, 1.807) is 0 Å². The summed E-state index contributed by atoms with van der Waals surface area (Å²) >= 11 is 0. The largest absolute Gasteiger partial charge is 0.324 e. The molecular weight excluding hydrogens is 198 g/mol. The van der Waals surface area contributed by atoms with Gasteiger partial charge in [-0.05, 0) is 38.4 Å². The van der Waals surface area contributed by atoms with Crippen molar-refractivity contribution in [2.45, 2.75) is 26.3 Å². The Labute approximate surface area is 95.5 Å². The number of aromatic nitrogens is 2. The summed E-state index contributed by atoms with van der Waals surface area (Å²) in [6, 6.07) is 6.93. The maximum atomic E-state index is 4.65. The van der Waals surface area contributed by atoms with E-state index in [1.165, 1.54) is 17.5 Å². The maximum absolute atomic E-state index is 4.65. The average Bonchev–Trinajstić information content (AvgIpc) is 2.84. The molecule has 1 fully saturated rings. The number of hydrogen-bond acceptors (Lipinski definition) is 2. The van der Waals surface area contributed by atoms with Crippen LogP contribution in [0.15, 0.2) is 18.2 Å². The number of hydrogen-bond donors (Lipinski definition) is 1. The predicted molar refractivity (Wildman–Crippen MR) is 65.7 cm³/mol. The lowest BCUT2D eigenvalue weighted by molar-refractivity contribution is 0.547. The predicted octanol–water partition coefficient (Wildman–Crippen LogP) is 2.19. The summed E-state index contributed by atoms with van der Waals surface area (Å²) in [6.07, 6.45) is 1.21. The van der Waals surface area contributed by atoms with Gasteiger partial charge in [-0.3, -0.25) is 0 Å². The van der Waals surface area contributed by atoms with Crippen LogP contribution in [0.3, 0.4) is 0 Å². The van der Waals surface area contributed by atoms with Gasteiger partial charge in [-0.2, -0.15) is 0 Å². The molecule has 1 N–H and O–H groups in total. The fourth-order valence-corrected chi connectivity index (χ4v) is 2.74. The maximum Gasteiger partial charge on any atom is 0.107 e. The number of nitrogens with zero attached hydrogens (tertiary/aromatic N) is 2. The number of aryl methyl sites for hydroxylation is 2. The zero-order valence-corrected chi connectivity index (χ0v) is 9.83. The van der Waals surface area contributed by atoms with Crippen LogP contribution in [-0.2, 0) is 0 Å². The van der Waals surface area contributed by atoms with Crippen molar-refractivity contribution >= 4 is 11.0 Å². The minimum absolute atomic E-state index is 0.575. The molecule has 3 heteroatoms. The van der Waals surface area contributed by atoms with Crippen molar-refractivity contribution in [3.05, 3.63) is 29.6 Å². The van der Waals surface area contributed by atoms with E-state index in [9.17, 15) is 0 Å². The topological polar surface area (TPSA) is 29.9 Å². The summed E-state index contributed by atoms with van der Waals surface area (Å²) < 4.78 is 2.41. The summed E-state index contributed by atoms with van der Waals surface area (Å²) in [4.78, 5) is 4.65. The van der Waals surface area contributed by atoms with Gasteiger partial charge in [0.25, 0.3) is 0 Å². The zero-order chi connectivity index (χ0) is 11.1. The molecule has 2 aromatic rings. The van der Waals surface area contributed by atoms with E-state index in [1.807, 2.05) is 0 Å². The molecule has 1 saturated heterocycles. The first kappa shape index (κ1) is 9.85. The Morgan fingerprint density at radius 1 is 1.38 bits per heavy atom. The Kier molecular flexibility index (Phi) is 2.21. The molecule has 1 unspecified atom stereocenters. The molecule has 3 nitrogen and oxygen atoms in total. The van der Waals surface area contributed by atoms with Crippen LogP contribution in [0.2, 0.25) is 0 Å². The van der Waals surface area contributed by atoms with Crippen molar-refractivity contribution < 1.29 is 0 Å². The van der Waals surface area contributed by atoms with Gasteiger partial charge in [-0.15, -0.1) is 0 Å². The second-order valence-electron chi connectivity index (χ2n) is 4.62. The first-order valence-corrected chi connectivity index (χ1v) is 5.92. The van der Waals surface area contributed by atoms with Gasteiger partial charge in [0.1, 0.15) is 5.82 Å². The Bertz CT molecular complexity index is 521. The monoisotopic (exact) mass is 215 g/mol. The smallest absolute Gasteiger partial charge is 0.107 e. The van der Waals surface area contributed by atoms with Gasteiger partial charge in [0.05, 0.1) is 11.0 Å². The van der Waals surface area contributed by atoms with Crippen molar-refractivity contribution in [2.75, 3.05) is 13.1 Å². The van der Waals surface area contributed by atoms with Gasteiger partial charge < -0.3 is 9.88 Å². The number of imidazole rings is 1. The van der Waals surface area contributed by atoms with E-state index in [2.05, 4.69) is 46.9 Å².